The van der Waals surface area contributed by atoms with Crippen LogP contribution in [0.2, 0.25) is 0 Å². The summed E-state index contributed by atoms with van der Waals surface area (Å²) in [7, 11) is 0. The Morgan fingerprint density at radius 1 is 1.00 bits per heavy atom. The highest BCUT2D eigenvalue weighted by molar-refractivity contribution is 5.97. The number of fused-ring (bicyclic) bond motifs is 1. The molecule has 13 heteroatoms. The second kappa shape index (κ2) is 9.97. The van der Waals surface area contributed by atoms with Gasteiger partial charge in [-0.1, -0.05) is 30.3 Å². The number of nitrogens with zero attached hydrogens (tertiary/aromatic N) is 5. The summed E-state index contributed by atoms with van der Waals surface area (Å²) in [5.74, 6) is -0.931. The SMILES string of the molecule is [2H]C([2H])(NC(=O)c1cc(C(=O)NCc2ccc(-c3nn[nH]n3)cc2)ncn1)c1ccc2c(c1)NC(=O)CO2. The molecule has 0 radical (unpaired) electrons. The first-order valence-electron chi connectivity index (χ1n) is 11.6. The molecule has 4 aromatic rings. The van der Waals surface area contributed by atoms with Crippen LogP contribution in [-0.2, 0) is 17.8 Å². The Morgan fingerprint density at radius 2 is 1.75 bits per heavy atom. The van der Waals surface area contributed by atoms with E-state index in [0.29, 0.717) is 17.3 Å². The summed E-state index contributed by atoms with van der Waals surface area (Å²) in [5.41, 5.74) is 1.66. The third kappa shape index (κ3) is 5.14. The fraction of sp³-hybridized carbons (Fsp3) is 0.130. The van der Waals surface area contributed by atoms with E-state index in [9.17, 15) is 14.4 Å². The second-order valence-corrected chi connectivity index (χ2v) is 7.53. The summed E-state index contributed by atoms with van der Waals surface area (Å²) in [5, 5.41) is 21.3. The van der Waals surface area contributed by atoms with Gasteiger partial charge in [0.25, 0.3) is 17.7 Å². The number of rotatable bonds is 7. The van der Waals surface area contributed by atoms with Gasteiger partial charge in [-0.15, -0.1) is 10.2 Å². The number of hydrogen-bond acceptors (Lipinski definition) is 9. The molecule has 5 rings (SSSR count). The van der Waals surface area contributed by atoms with E-state index in [0.717, 1.165) is 17.5 Å². The molecule has 2 aromatic heterocycles. The fourth-order valence-electron chi connectivity index (χ4n) is 3.29. The van der Waals surface area contributed by atoms with Gasteiger partial charge in [-0.2, -0.15) is 5.21 Å². The largest absolute Gasteiger partial charge is 0.482 e. The Morgan fingerprint density at radius 3 is 2.50 bits per heavy atom. The normalized spacial score (nSPS) is 13.4. The van der Waals surface area contributed by atoms with Crippen molar-refractivity contribution < 1.29 is 21.9 Å². The highest BCUT2D eigenvalue weighted by Crippen LogP contribution is 2.28. The molecule has 36 heavy (non-hydrogen) atoms. The Balaban J connectivity index is 1.22. The van der Waals surface area contributed by atoms with E-state index >= 15 is 0 Å². The average molecular weight is 487 g/mol. The molecule has 0 unspecified atom stereocenters. The van der Waals surface area contributed by atoms with Crippen molar-refractivity contribution in [3.63, 3.8) is 0 Å². The number of ether oxygens (including phenoxy) is 1. The molecular weight excluding hydrogens is 466 g/mol. The standard InChI is InChI=1S/C23H19N9O4/c33-20-11-36-19-6-3-14(7-16(19)28-20)10-25-23(35)18-8-17(26-12-27-18)22(34)24-9-13-1-4-15(5-2-13)21-29-31-32-30-21/h1-8,12H,9-11H2,(H,24,34)(H,25,35)(H,28,33)(H,29,30,31,32)/i10D2. The number of tetrazole rings is 1. The van der Waals surface area contributed by atoms with Gasteiger partial charge in [0.2, 0.25) is 5.82 Å². The second-order valence-electron chi connectivity index (χ2n) is 7.53. The molecule has 0 atom stereocenters. The number of nitrogens with one attached hydrogen (secondary N) is 4. The van der Waals surface area contributed by atoms with Crippen molar-refractivity contribution >= 4 is 23.4 Å². The summed E-state index contributed by atoms with van der Waals surface area (Å²) in [4.78, 5) is 44.8. The maximum atomic E-state index is 12.8. The van der Waals surface area contributed by atoms with Crippen molar-refractivity contribution in [3.8, 4) is 17.1 Å². The lowest BCUT2D eigenvalue weighted by molar-refractivity contribution is -0.118. The van der Waals surface area contributed by atoms with Crippen LogP contribution in [0.1, 0.15) is 34.8 Å². The molecule has 1 aliphatic heterocycles. The zero-order valence-corrected chi connectivity index (χ0v) is 18.5. The fourth-order valence-corrected chi connectivity index (χ4v) is 3.29. The Bertz CT molecular complexity index is 1510. The number of amides is 3. The number of hydrogen-bond donors (Lipinski definition) is 4. The zero-order chi connectivity index (χ0) is 26.7. The minimum Gasteiger partial charge on any atom is -0.482 e. The molecule has 0 aliphatic carbocycles. The topological polar surface area (TPSA) is 177 Å². The molecule has 1 aliphatic rings. The van der Waals surface area contributed by atoms with Crippen LogP contribution >= 0.6 is 0 Å². The van der Waals surface area contributed by atoms with E-state index in [1.807, 2.05) is 0 Å². The van der Waals surface area contributed by atoms with Crippen LogP contribution in [0.5, 0.6) is 5.75 Å². The van der Waals surface area contributed by atoms with Gasteiger partial charge in [0.1, 0.15) is 23.5 Å². The van der Waals surface area contributed by atoms with E-state index in [2.05, 4.69) is 46.5 Å². The minimum atomic E-state index is -2.32. The van der Waals surface area contributed by atoms with Crippen molar-refractivity contribution in [2.45, 2.75) is 13.0 Å². The van der Waals surface area contributed by atoms with Crippen LogP contribution in [-0.4, -0.2) is 54.9 Å². The van der Waals surface area contributed by atoms with Crippen molar-refractivity contribution in [1.82, 2.24) is 41.2 Å². The molecule has 0 spiro atoms. The Hall–Kier alpha value is -5.20. The zero-order valence-electron chi connectivity index (χ0n) is 20.5. The molecule has 4 N–H and O–H groups in total. The van der Waals surface area contributed by atoms with Crippen molar-refractivity contribution in [1.29, 1.82) is 0 Å². The predicted molar refractivity (Wildman–Crippen MR) is 125 cm³/mol. The van der Waals surface area contributed by atoms with Gasteiger partial charge in [-0.25, -0.2) is 9.97 Å². The van der Waals surface area contributed by atoms with Gasteiger partial charge in [0.15, 0.2) is 6.61 Å². The predicted octanol–water partition coefficient (Wildman–Crippen LogP) is 0.848. The molecule has 3 heterocycles. The average Bonchev–Trinajstić information content (AvgIpc) is 3.46. The van der Waals surface area contributed by atoms with Gasteiger partial charge in [0, 0.05) is 24.7 Å². The van der Waals surface area contributed by atoms with Crippen LogP contribution < -0.4 is 20.7 Å². The molecule has 3 amide bonds. The summed E-state index contributed by atoms with van der Waals surface area (Å²) in [6, 6.07) is 12.6. The monoisotopic (exact) mass is 487 g/mol. The molecule has 13 nitrogen and oxygen atoms in total. The van der Waals surface area contributed by atoms with Crippen LogP contribution in [0.15, 0.2) is 54.9 Å². The van der Waals surface area contributed by atoms with Crippen LogP contribution in [0.25, 0.3) is 11.4 Å². The number of aromatic nitrogens is 6. The van der Waals surface area contributed by atoms with Gasteiger partial charge in [0.05, 0.1) is 8.43 Å². The number of carbonyl (C=O) groups is 3. The molecule has 180 valence electrons. The first-order valence-corrected chi connectivity index (χ1v) is 10.6. The van der Waals surface area contributed by atoms with Crippen molar-refractivity contribution in [2.24, 2.45) is 0 Å². The summed E-state index contributed by atoms with van der Waals surface area (Å²) < 4.78 is 21.9. The van der Waals surface area contributed by atoms with Crippen LogP contribution in [0.4, 0.5) is 5.69 Å². The lowest BCUT2D eigenvalue weighted by Gasteiger charge is -2.18. The highest BCUT2D eigenvalue weighted by atomic mass is 16.5. The van der Waals surface area contributed by atoms with Gasteiger partial charge in [-0.3, -0.25) is 14.4 Å². The van der Waals surface area contributed by atoms with E-state index in [1.165, 1.54) is 24.3 Å². The lowest BCUT2D eigenvalue weighted by atomic mass is 10.1. The van der Waals surface area contributed by atoms with Gasteiger partial charge in [-0.05, 0) is 28.5 Å². The Kier molecular flexibility index (Phi) is 5.59. The smallest absolute Gasteiger partial charge is 0.270 e. The minimum absolute atomic E-state index is 0.0669. The van der Waals surface area contributed by atoms with Crippen molar-refractivity contribution in [2.75, 3.05) is 11.9 Å². The molecule has 0 saturated carbocycles. The lowest BCUT2D eigenvalue weighted by Crippen LogP contribution is -2.27. The van der Waals surface area contributed by atoms with Crippen molar-refractivity contribution in [3.05, 3.63) is 77.4 Å². The first kappa shape index (κ1) is 20.2. The van der Waals surface area contributed by atoms with E-state index in [1.54, 1.807) is 24.3 Å². The summed E-state index contributed by atoms with van der Waals surface area (Å²) >= 11 is 0. The molecule has 2 aromatic carbocycles. The van der Waals surface area contributed by atoms with E-state index in [4.69, 9.17) is 7.48 Å². The quantitative estimate of drug-likeness (QED) is 0.294. The van der Waals surface area contributed by atoms with E-state index in [-0.39, 0.29) is 36.0 Å². The first-order chi connectivity index (χ1) is 18.3. The maximum Gasteiger partial charge on any atom is 0.270 e. The Labute approximate surface area is 206 Å². The molecular formula is C23H19N9O4. The number of anilines is 1. The number of carbonyl (C=O) groups excluding carboxylic acids is 3. The molecule has 0 fully saturated rings. The summed E-state index contributed by atoms with van der Waals surface area (Å²) in [6.45, 7) is -2.26. The highest BCUT2D eigenvalue weighted by Gasteiger charge is 2.17. The number of aromatic amines is 1. The van der Waals surface area contributed by atoms with Crippen LogP contribution in [0.3, 0.4) is 0 Å². The maximum absolute atomic E-state index is 12.8. The number of H-pyrrole nitrogens is 1. The van der Waals surface area contributed by atoms with E-state index < -0.39 is 18.3 Å². The number of benzene rings is 2. The van der Waals surface area contributed by atoms with Gasteiger partial charge >= 0.3 is 0 Å². The van der Waals surface area contributed by atoms with Crippen LogP contribution in [0, 0.1) is 0 Å². The molecule has 0 saturated heterocycles. The third-order valence-electron chi connectivity index (χ3n) is 5.08. The third-order valence-corrected chi connectivity index (χ3v) is 5.08. The van der Waals surface area contributed by atoms with Gasteiger partial charge < -0.3 is 20.7 Å². The summed E-state index contributed by atoms with van der Waals surface area (Å²) in [6.07, 6.45) is 1.05. The molecule has 0 bridgehead atoms.